The van der Waals surface area contributed by atoms with E-state index in [0.29, 0.717) is 11.3 Å². The van der Waals surface area contributed by atoms with Gasteiger partial charge in [-0.25, -0.2) is 14.3 Å². The number of halogens is 1. The van der Waals surface area contributed by atoms with Crippen molar-refractivity contribution in [2.24, 2.45) is 0 Å². The van der Waals surface area contributed by atoms with Gasteiger partial charge in [0.1, 0.15) is 23.3 Å². The Bertz CT molecular complexity index is 1710. The average Bonchev–Trinajstić information content (AvgIpc) is 3.20. The highest BCUT2D eigenvalue weighted by Gasteiger charge is 2.36. The van der Waals surface area contributed by atoms with E-state index in [1.54, 1.807) is 18.2 Å². The number of hydrogen-bond donors (Lipinski definition) is 1. The molecule has 0 spiro atoms. The van der Waals surface area contributed by atoms with E-state index in [9.17, 15) is 24.1 Å². The lowest BCUT2D eigenvalue weighted by atomic mass is 10.1. The maximum Gasteiger partial charge on any atom is 0.287 e. The molecule has 1 fully saturated rings. The summed E-state index contributed by atoms with van der Waals surface area (Å²) in [6, 6.07) is 17.3. The number of carbonyl (C=O) groups excluding carboxylic acids is 2. The third-order valence-electron chi connectivity index (χ3n) is 6.21. The number of aryl methyl sites for hydroxylation is 1. The summed E-state index contributed by atoms with van der Waals surface area (Å²) in [5.41, 5.74) is 2.62. The number of hydrogen-bond acceptors (Lipinski definition) is 7. The molecule has 0 unspecified atom stereocenters. The Kier molecular flexibility index (Phi) is 6.92. The second-order valence-electron chi connectivity index (χ2n) is 8.78. The van der Waals surface area contributed by atoms with E-state index in [-0.39, 0.29) is 27.9 Å². The zero-order valence-electron chi connectivity index (χ0n) is 21.1. The summed E-state index contributed by atoms with van der Waals surface area (Å²) in [6.07, 6.45) is 2.58. The third-order valence-corrected chi connectivity index (χ3v) is 6.50. The number of pyridine rings is 1. The molecule has 10 nitrogen and oxygen atoms in total. The number of amides is 2. The second-order valence-corrected chi connectivity index (χ2v) is 9.17. The van der Waals surface area contributed by atoms with Gasteiger partial charge in [0.05, 0.1) is 10.6 Å². The molecular formula is C28H20FN5O5S. The molecule has 12 heteroatoms. The molecule has 0 saturated carbocycles. The minimum absolute atomic E-state index is 0.0555. The minimum Gasteiger partial charge on any atom is -0.439 e. The zero-order valence-corrected chi connectivity index (χ0v) is 21.9. The number of benzene rings is 2. The lowest BCUT2D eigenvalue weighted by Gasteiger charge is -2.29. The smallest absolute Gasteiger partial charge is 0.287 e. The number of thiocarbonyl (C=S) groups is 1. The van der Waals surface area contributed by atoms with Gasteiger partial charge in [-0.3, -0.25) is 25.0 Å². The highest BCUT2D eigenvalue weighted by Crippen LogP contribution is 2.29. The summed E-state index contributed by atoms with van der Waals surface area (Å²) in [4.78, 5) is 41.2. The standard InChI is InChI=1S/C28H20FN5O5S/c1-16-13-18(14-22-26(35)31-28(40)33(27(22)36)24-6-4-3-5-23(24)29)17(2)32(16)19-7-10-21(11-8-19)39-25-12-9-20(15-30-25)34(37)38/h3-15H,1-2H3,(H,31,35,40)/b22-14+. The van der Waals surface area contributed by atoms with Crippen LogP contribution in [0.25, 0.3) is 11.8 Å². The van der Waals surface area contributed by atoms with Crippen LogP contribution in [0.4, 0.5) is 15.8 Å². The van der Waals surface area contributed by atoms with Crippen LogP contribution >= 0.6 is 12.2 Å². The Labute approximate surface area is 232 Å². The van der Waals surface area contributed by atoms with Crippen LogP contribution in [0.5, 0.6) is 11.6 Å². The summed E-state index contributed by atoms with van der Waals surface area (Å²) in [5, 5.41) is 13.1. The molecule has 0 radical (unpaired) electrons. The van der Waals surface area contributed by atoms with Gasteiger partial charge >= 0.3 is 0 Å². The van der Waals surface area contributed by atoms with Gasteiger partial charge in [0, 0.05) is 29.2 Å². The summed E-state index contributed by atoms with van der Waals surface area (Å²) in [7, 11) is 0. The fraction of sp³-hybridized carbons (Fsp3) is 0.0714. The van der Waals surface area contributed by atoms with Crippen LogP contribution in [0.3, 0.4) is 0 Å². The number of rotatable bonds is 6. The first-order valence-electron chi connectivity index (χ1n) is 11.9. The monoisotopic (exact) mass is 557 g/mol. The molecule has 4 aromatic rings. The summed E-state index contributed by atoms with van der Waals surface area (Å²) >= 11 is 5.16. The largest absolute Gasteiger partial charge is 0.439 e. The Morgan fingerprint density at radius 1 is 1.07 bits per heavy atom. The molecule has 5 rings (SSSR count). The maximum atomic E-state index is 14.4. The quantitative estimate of drug-likeness (QED) is 0.114. The van der Waals surface area contributed by atoms with E-state index in [0.717, 1.165) is 28.2 Å². The first-order chi connectivity index (χ1) is 19.1. The number of para-hydroxylation sites is 1. The number of ether oxygens (including phenoxy) is 1. The van der Waals surface area contributed by atoms with Crippen LogP contribution < -0.4 is 15.0 Å². The fourth-order valence-corrected chi connectivity index (χ4v) is 4.59. The predicted octanol–water partition coefficient (Wildman–Crippen LogP) is 5.16. The Morgan fingerprint density at radius 2 is 1.80 bits per heavy atom. The number of nitrogens with zero attached hydrogens (tertiary/aromatic N) is 4. The van der Waals surface area contributed by atoms with Gasteiger partial charge in [0.25, 0.3) is 17.5 Å². The van der Waals surface area contributed by atoms with Crippen molar-refractivity contribution in [3.63, 3.8) is 0 Å². The SMILES string of the molecule is Cc1cc(/C=C2\C(=O)NC(=S)N(c3ccccc3F)C2=O)c(C)n1-c1ccc(Oc2ccc([N+](=O)[O-])cn2)cc1. The number of nitro groups is 1. The normalized spacial score (nSPS) is 14.4. The van der Waals surface area contributed by atoms with Crippen LogP contribution in [-0.4, -0.2) is 31.4 Å². The molecule has 2 amide bonds. The van der Waals surface area contributed by atoms with Crippen LogP contribution in [-0.2, 0) is 9.59 Å². The molecule has 0 atom stereocenters. The van der Waals surface area contributed by atoms with Crippen LogP contribution in [0.2, 0.25) is 0 Å². The topological polar surface area (TPSA) is 120 Å². The molecule has 2 aromatic carbocycles. The fourth-order valence-electron chi connectivity index (χ4n) is 4.32. The van der Waals surface area contributed by atoms with Crippen LogP contribution in [0.1, 0.15) is 17.0 Å². The molecule has 1 aliphatic rings. The van der Waals surface area contributed by atoms with Crippen molar-refractivity contribution < 1.29 is 23.6 Å². The van der Waals surface area contributed by atoms with E-state index < -0.39 is 22.6 Å². The first kappa shape index (κ1) is 26.4. The van der Waals surface area contributed by atoms with Gasteiger partial charge < -0.3 is 9.30 Å². The van der Waals surface area contributed by atoms with Gasteiger partial charge in [-0.05, 0) is 80.2 Å². The molecular weight excluding hydrogens is 537 g/mol. The molecule has 1 N–H and O–H groups in total. The summed E-state index contributed by atoms with van der Waals surface area (Å²) < 4.78 is 22.1. The molecule has 3 heterocycles. The average molecular weight is 558 g/mol. The lowest BCUT2D eigenvalue weighted by Crippen LogP contribution is -2.54. The second kappa shape index (κ2) is 10.5. The Morgan fingerprint density at radius 3 is 2.45 bits per heavy atom. The van der Waals surface area contributed by atoms with Crippen molar-refractivity contribution in [1.29, 1.82) is 0 Å². The first-order valence-corrected chi connectivity index (χ1v) is 12.3. The van der Waals surface area contributed by atoms with Crippen molar-refractivity contribution in [2.45, 2.75) is 13.8 Å². The van der Waals surface area contributed by atoms with Crippen molar-refractivity contribution in [3.8, 4) is 17.3 Å². The van der Waals surface area contributed by atoms with Gasteiger partial charge in [0.15, 0.2) is 5.11 Å². The summed E-state index contributed by atoms with van der Waals surface area (Å²) in [6.45, 7) is 3.72. The minimum atomic E-state index is -0.731. The van der Waals surface area contributed by atoms with Gasteiger partial charge in [0.2, 0.25) is 5.88 Å². The highest BCUT2D eigenvalue weighted by atomic mass is 32.1. The number of nitrogens with one attached hydrogen (secondary N) is 1. The predicted molar refractivity (Wildman–Crippen MR) is 149 cm³/mol. The number of carbonyl (C=O) groups is 2. The molecule has 0 aliphatic carbocycles. The third kappa shape index (κ3) is 4.95. The van der Waals surface area contributed by atoms with E-state index >= 15 is 0 Å². The van der Waals surface area contributed by atoms with Crippen molar-refractivity contribution in [1.82, 2.24) is 14.9 Å². The number of aromatic nitrogens is 2. The van der Waals surface area contributed by atoms with Crippen molar-refractivity contribution in [2.75, 3.05) is 4.90 Å². The zero-order chi connectivity index (χ0) is 28.6. The molecule has 2 aromatic heterocycles. The van der Waals surface area contributed by atoms with Crippen LogP contribution in [0, 0.1) is 29.8 Å². The van der Waals surface area contributed by atoms with Crippen LogP contribution in [0.15, 0.2) is 78.5 Å². The van der Waals surface area contributed by atoms with Crippen molar-refractivity contribution >= 4 is 46.6 Å². The number of anilines is 1. The van der Waals surface area contributed by atoms with Gasteiger partial charge in [-0.1, -0.05) is 12.1 Å². The van der Waals surface area contributed by atoms with E-state index in [4.69, 9.17) is 17.0 Å². The van der Waals surface area contributed by atoms with Gasteiger partial charge in [-0.2, -0.15) is 0 Å². The van der Waals surface area contributed by atoms with Gasteiger partial charge in [-0.15, -0.1) is 0 Å². The highest BCUT2D eigenvalue weighted by molar-refractivity contribution is 7.80. The Hall–Kier alpha value is -5.23. The Balaban J connectivity index is 1.42. The molecule has 1 aliphatic heterocycles. The summed E-state index contributed by atoms with van der Waals surface area (Å²) in [5.74, 6) is -1.37. The molecule has 200 valence electrons. The maximum absolute atomic E-state index is 14.4. The molecule has 40 heavy (non-hydrogen) atoms. The lowest BCUT2D eigenvalue weighted by molar-refractivity contribution is -0.385. The van der Waals surface area contributed by atoms with E-state index in [1.165, 1.54) is 36.4 Å². The van der Waals surface area contributed by atoms with Crippen molar-refractivity contribution in [3.05, 3.63) is 111 Å². The van der Waals surface area contributed by atoms with E-state index in [1.807, 2.05) is 36.6 Å². The molecule has 1 saturated heterocycles. The molecule has 0 bridgehead atoms. The van der Waals surface area contributed by atoms with E-state index in [2.05, 4.69) is 10.3 Å².